The molecule has 13 heteroatoms. The first-order chi connectivity index (χ1) is 16.0. The first kappa shape index (κ1) is 25.3. The molecule has 1 fully saturated rings. The summed E-state index contributed by atoms with van der Waals surface area (Å²) in [5, 5.41) is 2.26. The highest BCUT2D eigenvalue weighted by molar-refractivity contribution is 7.86. The van der Waals surface area contributed by atoms with E-state index in [0.29, 0.717) is 12.0 Å². The maximum absolute atomic E-state index is 14.9. The zero-order valence-electron chi connectivity index (χ0n) is 18.0. The zero-order chi connectivity index (χ0) is 24.9. The van der Waals surface area contributed by atoms with Crippen LogP contribution in [0.5, 0.6) is 5.75 Å². The lowest BCUT2D eigenvalue weighted by atomic mass is 10.1. The van der Waals surface area contributed by atoms with Crippen molar-refractivity contribution in [3.8, 4) is 5.75 Å². The molecule has 0 aromatic heterocycles. The molecule has 1 aliphatic heterocycles. The molecule has 184 valence electrons. The summed E-state index contributed by atoms with van der Waals surface area (Å²) in [6.07, 6.45) is -7.38. The number of carbonyl (C=O) groups excluding carboxylic acids is 2. The second-order valence-electron chi connectivity index (χ2n) is 7.13. The fraction of sp³-hybridized carbons (Fsp3) is 0.333. The first-order valence-corrected chi connectivity index (χ1v) is 11.6. The number of benzene rings is 2. The van der Waals surface area contributed by atoms with Crippen molar-refractivity contribution in [2.45, 2.75) is 24.4 Å². The molecule has 0 aliphatic carbocycles. The van der Waals surface area contributed by atoms with Crippen LogP contribution in [0, 0.1) is 0 Å². The van der Waals surface area contributed by atoms with Crippen molar-refractivity contribution >= 4 is 27.9 Å². The van der Waals surface area contributed by atoms with Gasteiger partial charge in [0.25, 0.3) is 10.1 Å². The second kappa shape index (κ2) is 10.3. The summed E-state index contributed by atoms with van der Waals surface area (Å²) in [6, 6.07) is 13.6. The maximum Gasteiger partial charge on any atom is 0.412 e. The number of hydrogen-bond donors (Lipinski definition) is 1. The van der Waals surface area contributed by atoms with Crippen LogP contribution in [0.2, 0.25) is 0 Å². The molecule has 2 aromatic carbocycles. The van der Waals surface area contributed by atoms with Crippen LogP contribution in [0.4, 0.5) is 19.3 Å². The Bertz CT molecular complexity index is 1110. The number of methoxy groups -OCH3 is 1. The van der Waals surface area contributed by atoms with Gasteiger partial charge in [0.1, 0.15) is 18.5 Å². The number of halogens is 2. The Labute approximate surface area is 193 Å². The molecule has 1 heterocycles. The number of esters is 1. The molecule has 1 saturated heterocycles. The highest BCUT2D eigenvalue weighted by Gasteiger charge is 2.63. The van der Waals surface area contributed by atoms with Gasteiger partial charge in [-0.15, -0.1) is 0 Å². The summed E-state index contributed by atoms with van der Waals surface area (Å²) in [4.78, 5) is 24.5. The van der Waals surface area contributed by atoms with Gasteiger partial charge in [-0.2, -0.15) is 17.2 Å². The van der Waals surface area contributed by atoms with Gasteiger partial charge in [-0.3, -0.25) is 5.32 Å². The summed E-state index contributed by atoms with van der Waals surface area (Å²) in [5.41, 5.74) is 0.356. The Morgan fingerprint density at radius 1 is 1.09 bits per heavy atom. The number of hydrogen-bond acceptors (Lipinski definition) is 9. The number of rotatable bonds is 8. The van der Waals surface area contributed by atoms with Crippen LogP contribution in [0.15, 0.2) is 54.6 Å². The van der Waals surface area contributed by atoms with Crippen LogP contribution in [-0.4, -0.2) is 64.9 Å². The normalized spacial score (nSPS) is 21.5. The summed E-state index contributed by atoms with van der Waals surface area (Å²) in [6.45, 7) is -0.770. The Morgan fingerprint density at radius 3 is 2.32 bits per heavy atom. The molecular formula is C21H21F2NO9S. The van der Waals surface area contributed by atoms with Crippen LogP contribution in [0.1, 0.15) is 10.4 Å². The molecular weight excluding hydrogens is 480 g/mol. The van der Waals surface area contributed by atoms with Gasteiger partial charge in [-0.25, -0.2) is 13.8 Å². The molecule has 1 N–H and O–H groups in total. The highest BCUT2D eigenvalue weighted by Crippen LogP contribution is 2.40. The van der Waals surface area contributed by atoms with E-state index in [-0.39, 0.29) is 11.3 Å². The number of alkyl halides is 2. The third kappa shape index (κ3) is 6.40. The van der Waals surface area contributed by atoms with Gasteiger partial charge in [-0.05, 0) is 36.4 Å². The van der Waals surface area contributed by atoms with E-state index in [9.17, 15) is 26.8 Å². The maximum atomic E-state index is 14.9. The van der Waals surface area contributed by atoms with Gasteiger partial charge >= 0.3 is 18.0 Å². The van der Waals surface area contributed by atoms with Crippen LogP contribution < -0.4 is 10.1 Å². The molecule has 1 amide bonds. The highest BCUT2D eigenvalue weighted by atomic mass is 32.2. The molecule has 0 radical (unpaired) electrons. The van der Waals surface area contributed by atoms with Gasteiger partial charge < -0.3 is 18.9 Å². The molecule has 2 aromatic rings. The number of anilines is 1. The van der Waals surface area contributed by atoms with Crippen molar-refractivity contribution in [3.05, 3.63) is 60.2 Å². The van der Waals surface area contributed by atoms with Crippen molar-refractivity contribution < 1.29 is 49.9 Å². The quantitative estimate of drug-likeness (QED) is 0.429. The minimum Gasteiger partial charge on any atom is -0.497 e. The Balaban J connectivity index is 1.74. The lowest BCUT2D eigenvalue weighted by Crippen LogP contribution is -2.46. The van der Waals surface area contributed by atoms with Gasteiger partial charge in [0.05, 0.1) is 18.9 Å². The summed E-state index contributed by atoms with van der Waals surface area (Å²) in [7, 11) is -2.92. The Hall–Kier alpha value is -3.29. The Kier molecular flexibility index (Phi) is 7.69. The minimum absolute atomic E-state index is 0.144. The third-order valence-corrected chi connectivity index (χ3v) is 5.07. The van der Waals surface area contributed by atoms with Crippen LogP contribution in [0.3, 0.4) is 0 Å². The van der Waals surface area contributed by atoms with E-state index in [0.717, 1.165) is 0 Å². The van der Waals surface area contributed by atoms with Crippen molar-refractivity contribution in [1.82, 2.24) is 0 Å². The molecule has 0 spiro atoms. The molecule has 1 aliphatic rings. The van der Waals surface area contributed by atoms with Crippen molar-refractivity contribution in [1.29, 1.82) is 0 Å². The molecule has 0 bridgehead atoms. The lowest BCUT2D eigenvalue weighted by molar-refractivity contribution is -0.182. The smallest absolute Gasteiger partial charge is 0.412 e. The monoisotopic (exact) mass is 501 g/mol. The predicted molar refractivity (Wildman–Crippen MR) is 113 cm³/mol. The van der Waals surface area contributed by atoms with E-state index in [1.54, 1.807) is 18.2 Å². The molecule has 34 heavy (non-hydrogen) atoms. The summed E-state index contributed by atoms with van der Waals surface area (Å²) < 4.78 is 76.8. The summed E-state index contributed by atoms with van der Waals surface area (Å²) in [5.74, 6) is -4.44. The molecule has 0 saturated carbocycles. The van der Waals surface area contributed by atoms with E-state index in [1.807, 2.05) is 0 Å². The van der Waals surface area contributed by atoms with Crippen LogP contribution in [0.25, 0.3) is 0 Å². The van der Waals surface area contributed by atoms with Crippen LogP contribution in [-0.2, 0) is 28.5 Å². The molecule has 3 atom stereocenters. The van der Waals surface area contributed by atoms with Crippen molar-refractivity contribution in [2.75, 3.05) is 25.3 Å². The molecule has 3 rings (SSSR count). The fourth-order valence-electron chi connectivity index (χ4n) is 2.98. The number of nitrogens with one attached hydrogen (secondary N) is 1. The largest absolute Gasteiger partial charge is 0.497 e. The van der Waals surface area contributed by atoms with Gasteiger partial charge in [0.15, 0.2) is 0 Å². The molecule has 0 unspecified atom stereocenters. The van der Waals surface area contributed by atoms with E-state index in [1.165, 1.54) is 43.5 Å². The fourth-order valence-corrected chi connectivity index (χ4v) is 3.47. The topological polar surface area (TPSA) is 126 Å². The van der Waals surface area contributed by atoms with Gasteiger partial charge in [-0.1, -0.05) is 18.2 Å². The second-order valence-corrected chi connectivity index (χ2v) is 8.73. The SMILES string of the molecule is COc1ccc(NC(=O)O[C@@H]2[C@@H](COC(=O)c3ccccc3)O[C@H](OS(C)(=O)=O)C2(F)F)cc1. The minimum atomic E-state index is -4.36. The van der Waals surface area contributed by atoms with Crippen LogP contribution >= 0.6 is 0 Å². The van der Waals surface area contributed by atoms with Crippen molar-refractivity contribution in [3.63, 3.8) is 0 Å². The zero-order valence-corrected chi connectivity index (χ0v) is 18.8. The van der Waals surface area contributed by atoms with Gasteiger partial charge in [0, 0.05) is 5.69 Å². The van der Waals surface area contributed by atoms with Crippen molar-refractivity contribution in [2.24, 2.45) is 0 Å². The van der Waals surface area contributed by atoms with E-state index < -0.39 is 53.2 Å². The number of ether oxygens (including phenoxy) is 4. The molecule has 10 nitrogen and oxygen atoms in total. The number of carbonyl (C=O) groups is 2. The van der Waals surface area contributed by atoms with E-state index >= 15 is 0 Å². The van der Waals surface area contributed by atoms with E-state index in [4.69, 9.17) is 18.9 Å². The Morgan fingerprint density at radius 2 is 1.74 bits per heavy atom. The third-order valence-electron chi connectivity index (χ3n) is 4.55. The lowest BCUT2D eigenvalue weighted by Gasteiger charge is -2.23. The van der Waals surface area contributed by atoms with Gasteiger partial charge in [0.2, 0.25) is 12.4 Å². The first-order valence-electron chi connectivity index (χ1n) is 9.75. The predicted octanol–water partition coefficient (Wildman–Crippen LogP) is 2.81. The standard InChI is InChI=1S/C21H21F2NO9S/c1-29-15-10-8-14(9-11-15)24-20(26)32-17-16(12-30-18(25)13-6-4-3-5-7-13)31-19(21(17,22)23)33-34(2,27)28/h3-11,16-17,19H,12H2,1-2H3,(H,24,26)/t16-,17-,19-/m1/s1. The number of amides is 1. The average molecular weight is 501 g/mol. The summed E-state index contributed by atoms with van der Waals surface area (Å²) >= 11 is 0. The van der Waals surface area contributed by atoms with E-state index in [2.05, 4.69) is 9.50 Å². The average Bonchev–Trinajstić information content (AvgIpc) is 3.01.